The van der Waals surface area contributed by atoms with Crippen molar-refractivity contribution >= 4 is 51.2 Å². The fourth-order valence-electron chi connectivity index (χ4n) is 8.87. The number of hydrogen-bond acceptors (Lipinski definition) is 11. The van der Waals surface area contributed by atoms with E-state index in [4.69, 9.17) is 24.7 Å². The van der Waals surface area contributed by atoms with Gasteiger partial charge in [0.05, 0.1) is 10.8 Å². The third-order valence-electron chi connectivity index (χ3n) is 13.6. The second kappa shape index (κ2) is 19.6. The molecule has 2 fully saturated rings. The third-order valence-corrected chi connectivity index (χ3v) is 13.6. The van der Waals surface area contributed by atoms with E-state index in [1.165, 1.54) is 20.8 Å². The summed E-state index contributed by atoms with van der Waals surface area (Å²) in [6.45, 7) is 14.0. The van der Waals surface area contributed by atoms with Crippen molar-refractivity contribution in [2.45, 2.75) is 116 Å². The number of fused-ring (bicyclic) bond motifs is 4. The Labute approximate surface area is 402 Å². The first-order valence-corrected chi connectivity index (χ1v) is 23.1. The fraction of sp³-hybridized carbons (Fsp3) is 0.400. The Morgan fingerprint density at radius 1 is 0.594 bits per heavy atom. The molecule has 5 N–H and O–H groups in total. The number of amides is 1. The summed E-state index contributed by atoms with van der Waals surface area (Å²) in [4.78, 5) is 64.5. The molecule has 10 rings (SSSR count). The van der Waals surface area contributed by atoms with Gasteiger partial charge in [-0.2, -0.15) is 0 Å². The molecule has 0 radical (unpaired) electrons. The highest BCUT2D eigenvalue weighted by Crippen LogP contribution is 2.53. The topological polar surface area (TPSA) is 201 Å². The number of aromatic amines is 2. The molecule has 0 saturated heterocycles. The minimum atomic E-state index is -0.562. The fourth-order valence-corrected chi connectivity index (χ4v) is 8.87. The molecule has 69 heavy (non-hydrogen) atoms. The number of nitrogens with two attached hydrogens (primary N) is 1. The molecule has 0 unspecified atom stereocenters. The molecule has 4 aromatic carbocycles. The summed E-state index contributed by atoms with van der Waals surface area (Å²) in [7, 11) is 0. The van der Waals surface area contributed by atoms with Crippen LogP contribution in [0.4, 0.5) is 0 Å². The van der Waals surface area contributed by atoms with Crippen molar-refractivity contribution in [1.29, 1.82) is 0 Å². The lowest BCUT2D eigenvalue weighted by Crippen LogP contribution is -2.35. The van der Waals surface area contributed by atoms with Gasteiger partial charge in [0, 0.05) is 80.0 Å². The van der Waals surface area contributed by atoms with Crippen molar-refractivity contribution in [3.8, 4) is 23.0 Å². The van der Waals surface area contributed by atoms with E-state index >= 15 is 0 Å². The van der Waals surface area contributed by atoms with E-state index in [-0.39, 0.29) is 54.7 Å². The van der Waals surface area contributed by atoms with E-state index in [1.54, 1.807) is 0 Å². The lowest BCUT2D eigenvalue weighted by atomic mass is 9.87. The Morgan fingerprint density at radius 3 is 1.39 bits per heavy atom. The number of nitrogens with one attached hydrogen (secondary N) is 3. The van der Waals surface area contributed by atoms with Crippen molar-refractivity contribution in [3.05, 3.63) is 119 Å². The number of rotatable bonds is 13. The van der Waals surface area contributed by atoms with Crippen LogP contribution in [0.3, 0.4) is 0 Å². The molecule has 4 aliphatic rings. The number of carbonyl (C=O) groups is 5. The lowest BCUT2D eigenvalue weighted by Gasteiger charge is -2.23. The Kier molecular flexibility index (Phi) is 14.2. The predicted octanol–water partition coefficient (Wildman–Crippen LogP) is 8.86. The maximum Gasteiger partial charge on any atom is 0.310 e. The van der Waals surface area contributed by atoms with Gasteiger partial charge < -0.3 is 44.7 Å². The van der Waals surface area contributed by atoms with Gasteiger partial charge in [-0.25, -0.2) is 0 Å². The summed E-state index contributed by atoms with van der Waals surface area (Å²) in [5.74, 6) is 2.33. The number of ether oxygens (including phenoxy) is 5. The van der Waals surface area contributed by atoms with E-state index in [1.807, 2.05) is 54.6 Å². The standard InChI is InChI=1S/C26H28N2O4.C24H26N2O3.C4H6O3.CH4/c1-16(29)27-14-25(2,3)23-12-18-10-17(4-6-20(18)28-23)11-24(30)26(8-9-26)19-5-7-21-22(13-19)32-15-31-21;1-23(2,13-25)21-11-16-9-15(3-5-18(16)26-21)10-22(27)24(7-8-24)17-4-6-19-20(12-17)29-14-28-19;1-3(5)7-4(2)6;/h4-7,10,12-13,28H,8-9,11,14-15H2,1-3H3,(H,27,29);3-6,9,11-12,26H,7-8,10,13-14,25H2,1-2H3;1-2H3;1H4. The van der Waals surface area contributed by atoms with Crippen LogP contribution < -0.4 is 30.0 Å². The van der Waals surface area contributed by atoms with E-state index in [0.29, 0.717) is 25.9 Å². The van der Waals surface area contributed by atoms with Crippen molar-refractivity contribution in [2.75, 3.05) is 26.7 Å². The molecule has 4 heterocycles. The second-order valence-corrected chi connectivity index (χ2v) is 19.7. The number of H-pyrrole nitrogens is 2. The Bertz CT molecular complexity index is 2920. The summed E-state index contributed by atoms with van der Waals surface area (Å²) in [5, 5.41) is 5.10. The molecule has 364 valence electrons. The van der Waals surface area contributed by atoms with Gasteiger partial charge in [0.1, 0.15) is 11.6 Å². The zero-order valence-corrected chi connectivity index (χ0v) is 39.8. The SMILES string of the molecule is C.CC(=O)NCC(C)(C)c1cc2cc(CC(=O)C3(c4ccc5c(c4)OCO5)CC3)ccc2[nH]1.CC(=O)OC(C)=O.CC(C)(CN)c1cc2cc(CC(=O)C3(c4ccc5c(c4)OCO5)CC3)ccc2[nH]1. The number of benzene rings is 4. The van der Waals surface area contributed by atoms with Crippen molar-refractivity contribution in [2.24, 2.45) is 5.73 Å². The number of aromatic nitrogens is 2. The quantitative estimate of drug-likeness (QED) is 0.0637. The Balaban J connectivity index is 0.000000178. The second-order valence-electron chi connectivity index (χ2n) is 19.7. The Morgan fingerprint density at radius 2 is 1.01 bits per heavy atom. The van der Waals surface area contributed by atoms with Crippen LogP contribution in [0.15, 0.2) is 84.9 Å². The van der Waals surface area contributed by atoms with Gasteiger partial charge in [-0.05, 0) is 119 Å². The lowest BCUT2D eigenvalue weighted by molar-refractivity contribution is -0.156. The summed E-state index contributed by atoms with van der Waals surface area (Å²) >= 11 is 0. The summed E-state index contributed by atoms with van der Waals surface area (Å²) in [5.41, 5.74) is 13.2. The van der Waals surface area contributed by atoms with E-state index in [2.05, 4.69) is 78.0 Å². The van der Waals surface area contributed by atoms with Gasteiger partial charge in [-0.1, -0.05) is 59.4 Å². The molecular formula is C55H64N4O10. The van der Waals surface area contributed by atoms with Crippen LogP contribution in [0, 0.1) is 0 Å². The largest absolute Gasteiger partial charge is 0.454 e. The summed E-state index contributed by atoms with van der Waals surface area (Å²) in [6.07, 6.45) is 4.38. The maximum absolute atomic E-state index is 13.3. The van der Waals surface area contributed by atoms with Crippen LogP contribution in [0.25, 0.3) is 21.8 Å². The molecule has 2 saturated carbocycles. The molecule has 0 spiro atoms. The number of ketones is 2. The number of hydrogen-bond donors (Lipinski definition) is 4. The molecule has 2 aliphatic carbocycles. The predicted molar refractivity (Wildman–Crippen MR) is 264 cm³/mol. The van der Waals surface area contributed by atoms with Crippen LogP contribution in [0.1, 0.15) is 115 Å². The van der Waals surface area contributed by atoms with Crippen LogP contribution >= 0.6 is 0 Å². The van der Waals surface area contributed by atoms with Crippen LogP contribution in [0.5, 0.6) is 23.0 Å². The van der Waals surface area contributed by atoms with Crippen LogP contribution in [0.2, 0.25) is 0 Å². The van der Waals surface area contributed by atoms with Crippen molar-refractivity contribution in [1.82, 2.24) is 15.3 Å². The molecule has 6 aromatic rings. The minimum absolute atomic E-state index is 0. The minimum Gasteiger partial charge on any atom is -0.454 e. The van der Waals surface area contributed by atoms with Crippen LogP contribution in [-0.2, 0) is 63.2 Å². The maximum atomic E-state index is 13.3. The average Bonchev–Trinajstić information content (AvgIpc) is 3.99. The monoisotopic (exact) mass is 940 g/mol. The van der Waals surface area contributed by atoms with Gasteiger partial charge in [-0.15, -0.1) is 0 Å². The molecular weight excluding hydrogens is 877 g/mol. The molecule has 2 aliphatic heterocycles. The van der Waals surface area contributed by atoms with Crippen molar-refractivity contribution in [3.63, 3.8) is 0 Å². The smallest absolute Gasteiger partial charge is 0.310 e. The number of carbonyl (C=O) groups excluding carboxylic acids is 5. The normalized spacial score (nSPS) is 15.4. The van der Waals surface area contributed by atoms with E-state index < -0.39 is 17.4 Å². The molecule has 2 aromatic heterocycles. The first-order chi connectivity index (χ1) is 32.3. The molecule has 0 atom stereocenters. The third kappa shape index (κ3) is 10.9. The zero-order chi connectivity index (χ0) is 48.6. The summed E-state index contributed by atoms with van der Waals surface area (Å²) in [6, 6.07) is 28.4. The number of Topliss-reactive ketones (excluding diaryl/α,β-unsaturated/α-hetero) is 2. The van der Waals surface area contributed by atoms with Crippen molar-refractivity contribution < 1.29 is 47.7 Å². The van der Waals surface area contributed by atoms with E-state index in [0.717, 1.165) is 104 Å². The zero-order valence-electron chi connectivity index (χ0n) is 39.8. The molecule has 0 bridgehead atoms. The summed E-state index contributed by atoms with van der Waals surface area (Å²) < 4.78 is 25.8. The van der Waals surface area contributed by atoms with Crippen LogP contribution in [-0.4, -0.2) is 66.1 Å². The van der Waals surface area contributed by atoms with Gasteiger partial charge >= 0.3 is 11.9 Å². The first-order valence-electron chi connectivity index (χ1n) is 23.1. The highest BCUT2D eigenvalue weighted by molar-refractivity contribution is 5.96. The van der Waals surface area contributed by atoms with Gasteiger partial charge in [0.15, 0.2) is 23.0 Å². The van der Waals surface area contributed by atoms with E-state index in [9.17, 15) is 24.0 Å². The molecule has 14 nitrogen and oxygen atoms in total. The Hall–Kier alpha value is -6.93. The number of esters is 2. The molecule has 14 heteroatoms. The van der Waals surface area contributed by atoms with Gasteiger partial charge in [0.2, 0.25) is 19.5 Å². The first kappa shape index (κ1) is 50.0. The average molecular weight is 941 g/mol. The van der Waals surface area contributed by atoms with Gasteiger partial charge in [0.25, 0.3) is 0 Å². The molecule has 1 amide bonds. The van der Waals surface area contributed by atoms with Gasteiger partial charge in [-0.3, -0.25) is 24.0 Å². The highest BCUT2D eigenvalue weighted by Gasteiger charge is 2.52. The highest BCUT2D eigenvalue weighted by atomic mass is 16.7.